The highest BCUT2D eigenvalue weighted by molar-refractivity contribution is 6.02. The second-order valence-electron chi connectivity index (χ2n) is 5.50. The number of hydrogen-bond donors (Lipinski definition) is 1. The third-order valence-electron chi connectivity index (χ3n) is 3.81. The maximum absolute atomic E-state index is 12.5. The first-order valence-electron chi connectivity index (χ1n) is 7.74. The first kappa shape index (κ1) is 17.0. The third-order valence-corrected chi connectivity index (χ3v) is 3.81. The molecule has 0 radical (unpaired) electrons. The number of alkyl halides is 3. The van der Waals surface area contributed by atoms with Crippen molar-refractivity contribution in [2.45, 2.75) is 26.4 Å². The number of furan rings is 1. The van der Waals surface area contributed by atoms with E-state index in [1.165, 1.54) is 6.07 Å². The largest absolute Gasteiger partial charge is 0.454 e. The van der Waals surface area contributed by atoms with Crippen LogP contribution in [-0.2, 0) is 12.6 Å². The van der Waals surface area contributed by atoms with Crippen LogP contribution < -0.4 is 5.43 Å². The van der Waals surface area contributed by atoms with E-state index in [2.05, 4.69) is 15.5 Å². The fraction of sp³-hybridized carbons (Fsp3) is 0.222. The van der Waals surface area contributed by atoms with Gasteiger partial charge in [0.15, 0.2) is 5.76 Å². The van der Waals surface area contributed by atoms with Crippen LogP contribution >= 0.6 is 0 Å². The van der Waals surface area contributed by atoms with Crippen molar-refractivity contribution in [3.63, 3.8) is 0 Å². The van der Waals surface area contributed by atoms with Crippen LogP contribution in [0.3, 0.4) is 0 Å². The van der Waals surface area contributed by atoms with E-state index in [0.29, 0.717) is 11.5 Å². The molecule has 4 nitrogen and oxygen atoms in total. The molecule has 0 atom stereocenters. The van der Waals surface area contributed by atoms with Crippen molar-refractivity contribution in [3.05, 3.63) is 59.5 Å². The predicted molar refractivity (Wildman–Crippen MR) is 90.7 cm³/mol. The van der Waals surface area contributed by atoms with Crippen LogP contribution in [0.15, 0.2) is 52.1 Å². The number of benzene rings is 1. The van der Waals surface area contributed by atoms with Gasteiger partial charge in [0.2, 0.25) is 0 Å². The van der Waals surface area contributed by atoms with Crippen molar-refractivity contribution in [2.24, 2.45) is 5.10 Å². The van der Waals surface area contributed by atoms with Gasteiger partial charge >= 0.3 is 6.18 Å². The first-order valence-corrected chi connectivity index (χ1v) is 7.74. The molecule has 0 saturated heterocycles. The zero-order valence-corrected chi connectivity index (χ0v) is 13.7. The first-order chi connectivity index (χ1) is 11.9. The Labute approximate surface area is 142 Å². The number of para-hydroxylation sites is 1. The maximum Gasteiger partial charge on any atom is 0.417 e. The lowest BCUT2D eigenvalue weighted by atomic mass is 10.1. The van der Waals surface area contributed by atoms with E-state index in [9.17, 15) is 13.2 Å². The van der Waals surface area contributed by atoms with Crippen LogP contribution in [0.25, 0.3) is 11.0 Å². The fourth-order valence-electron chi connectivity index (χ4n) is 2.56. The summed E-state index contributed by atoms with van der Waals surface area (Å²) >= 11 is 0. The summed E-state index contributed by atoms with van der Waals surface area (Å²) in [7, 11) is 0. The Hall–Kier alpha value is -2.83. The zero-order valence-electron chi connectivity index (χ0n) is 13.7. The van der Waals surface area contributed by atoms with Crippen molar-refractivity contribution in [2.75, 3.05) is 5.43 Å². The van der Waals surface area contributed by atoms with E-state index in [4.69, 9.17) is 4.42 Å². The highest BCUT2D eigenvalue weighted by atomic mass is 19.4. The quantitative estimate of drug-likeness (QED) is 0.518. The Kier molecular flexibility index (Phi) is 4.48. The molecule has 3 rings (SSSR count). The molecule has 0 unspecified atom stereocenters. The summed E-state index contributed by atoms with van der Waals surface area (Å²) in [6, 6.07) is 9.90. The minimum absolute atomic E-state index is 0.224. The van der Waals surface area contributed by atoms with Crippen LogP contribution in [0.4, 0.5) is 19.0 Å². The molecule has 1 aromatic carbocycles. The number of hydrogen-bond acceptors (Lipinski definition) is 4. The predicted octanol–water partition coefficient (Wildman–Crippen LogP) is 5.25. The van der Waals surface area contributed by atoms with Crippen LogP contribution in [0.2, 0.25) is 0 Å². The van der Waals surface area contributed by atoms with E-state index in [1.807, 2.05) is 31.2 Å². The maximum atomic E-state index is 12.5. The Morgan fingerprint density at radius 1 is 1.20 bits per heavy atom. The topological polar surface area (TPSA) is 50.4 Å². The molecule has 0 aliphatic carbocycles. The second-order valence-corrected chi connectivity index (χ2v) is 5.50. The average molecular weight is 347 g/mol. The summed E-state index contributed by atoms with van der Waals surface area (Å²) in [6.07, 6.45) is -2.86. The van der Waals surface area contributed by atoms with Gasteiger partial charge in [-0.05, 0) is 31.5 Å². The van der Waals surface area contributed by atoms with E-state index in [1.54, 1.807) is 6.92 Å². The number of rotatable bonds is 4. The van der Waals surface area contributed by atoms with E-state index in [-0.39, 0.29) is 5.82 Å². The van der Waals surface area contributed by atoms with Gasteiger partial charge in [-0.15, -0.1) is 0 Å². The van der Waals surface area contributed by atoms with Gasteiger partial charge in [-0.3, -0.25) is 5.43 Å². The number of nitrogens with zero attached hydrogens (tertiary/aromatic N) is 2. The van der Waals surface area contributed by atoms with Gasteiger partial charge in [-0.25, -0.2) is 4.98 Å². The van der Waals surface area contributed by atoms with E-state index in [0.717, 1.165) is 35.2 Å². The van der Waals surface area contributed by atoms with Crippen molar-refractivity contribution in [3.8, 4) is 0 Å². The number of halogens is 3. The van der Waals surface area contributed by atoms with Crippen LogP contribution in [0, 0.1) is 0 Å². The van der Waals surface area contributed by atoms with Crippen LogP contribution in [0.5, 0.6) is 0 Å². The number of nitrogens with one attached hydrogen (secondary N) is 1. The van der Waals surface area contributed by atoms with Gasteiger partial charge in [0, 0.05) is 17.1 Å². The number of pyridine rings is 1. The molecule has 25 heavy (non-hydrogen) atoms. The Bertz CT molecular complexity index is 911. The van der Waals surface area contributed by atoms with E-state index >= 15 is 0 Å². The molecule has 3 aromatic rings. The molecular weight excluding hydrogens is 331 g/mol. The number of fused-ring (bicyclic) bond motifs is 1. The lowest BCUT2D eigenvalue weighted by molar-refractivity contribution is -0.137. The molecule has 7 heteroatoms. The molecule has 2 aromatic heterocycles. The van der Waals surface area contributed by atoms with Crippen LogP contribution in [-0.4, -0.2) is 10.7 Å². The molecule has 0 spiro atoms. The number of hydrazone groups is 1. The summed E-state index contributed by atoms with van der Waals surface area (Å²) in [6.45, 7) is 3.80. The molecule has 0 saturated carbocycles. The number of aryl methyl sites for hydroxylation is 1. The molecular formula is C18H16F3N3O. The smallest absolute Gasteiger partial charge is 0.417 e. The Morgan fingerprint density at radius 2 is 1.96 bits per heavy atom. The minimum atomic E-state index is -4.41. The summed E-state index contributed by atoms with van der Waals surface area (Å²) < 4.78 is 43.5. The molecule has 0 aliphatic rings. The second kappa shape index (κ2) is 6.58. The highest BCUT2D eigenvalue weighted by Crippen LogP contribution is 2.29. The van der Waals surface area contributed by atoms with Gasteiger partial charge in [-0.2, -0.15) is 18.3 Å². The van der Waals surface area contributed by atoms with Crippen molar-refractivity contribution in [1.82, 2.24) is 4.98 Å². The molecule has 0 aliphatic heterocycles. The lowest BCUT2D eigenvalue weighted by Crippen LogP contribution is -2.06. The van der Waals surface area contributed by atoms with Gasteiger partial charge in [-0.1, -0.05) is 25.1 Å². The average Bonchev–Trinajstić information content (AvgIpc) is 2.98. The molecule has 2 heterocycles. The standard InChI is InChI=1S/C18H16F3N3O/c1-3-13-14-6-4-5-7-15(14)25-17(13)11(2)23-24-16-9-8-12(10-22-16)18(19,20)21/h4-10H,3H2,1-2H3,(H,22,24)/b23-11+. The van der Waals surface area contributed by atoms with Gasteiger partial charge in [0.05, 0.1) is 5.56 Å². The van der Waals surface area contributed by atoms with Gasteiger partial charge in [0.25, 0.3) is 0 Å². The molecule has 130 valence electrons. The summed E-state index contributed by atoms with van der Waals surface area (Å²) in [5.74, 6) is 0.879. The molecule has 0 amide bonds. The SMILES string of the molecule is CCc1c(/C(C)=N/Nc2ccc(C(F)(F)F)cn2)oc2ccccc12. The summed E-state index contributed by atoms with van der Waals surface area (Å²) in [5.41, 5.74) is 4.27. The number of anilines is 1. The Balaban J connectivity index is 1.85. The lowest BCUT2D eigenvalue weighted by Gasteiger charge is -2.07. The fourth-order valence-corrected chi connectivity index (χ4v) is 2.56. The van der Waals surface area contributed by atoms with Crippen molar-refractivity contribution < 1.29 is 17.6 Å². The summed E-state index contributed by atoms with van der Waals surface area (Å²) in [5, 5.41) is 5.22. The van der Waals surface area contributed by atoms with Gasteiger partial charge < -0.3 is 4.42 Å². The zero-order chi connectivity index (χ0) is 18.0. The highest BCUT2D eigenvalue weighted by Gasteiger charge is 2.30. The minimum Gasteiger partial charge on any atom is -0.454 e. The molecule has 0 fully saturated rings. The van der Waals surface area contributed by atoms with Crippen molar-refractivity contribution in [1.29, 1.82) is 0 Å². The summed E-state index contributed by atoms with van der Waals surface area (Å²) in [4.78, 5) is 3.73. The van der Waals surface area contributed by atoms with Crippen LogP contribution in [0.1, 0.15) is 30.7 Å². The normalized spacial score (nSPS) is 12.6. The van der Waals surface area contributed by atoms with Crippen molar-refractivity contribution >= 4 is 22.5 Å². The van der Waals surface area contributed by atoms with E-state index < -0.39 is 11.7 Å². The molecule has 0 bridgehead atoms. The third kappa shape index (κ3) is 3.50. The monoisotopic (exact) mass is 347 g/mol. The van der Waals surface area contributed by atoms with Gasteiger partial charge in [0.1, 0.15) is 17.1 Å². The Morgan fingerprint density at radius 3 is 2.60 bits per heavy atom. The number of aromatic nitrogens is 1. The molecule has 1 N–H and O–H groups in total.